The minimum Gasteiger partial charge on any atom is -0.339 e. The SMILES string of the molecule is C=CC(=O)N1CCCCCCCC1. The molecule has 0 aliphatic carbocycles. The number of rotatable bonds is 1. The fraction of sp³-hybridized carbons (Fsp3) is 0.727. The highest BCUT2D eigenvalue weighted by atomic mass is 16.2. The second kappa shape index (κ2) is 5.79. The zero-order valence-electron chi connectivity index (χ0n) is 8.30. The molecule has 0 aromatic heterocycles. The highest BCUT2D eigenvalue weighted by molar-refractivity contribution is 5.86. The Balaban J connectivity index is 2.40. The van der Waals surface area contributed by atoms with Gasteiger partial charge in [0.15, 0.2) is 0 Å². The average Bonchev–Trinajstić information content (AvgIpc) is 2.29. The first-order valence-electron chi connectivity index (χ1n) is 5.26. The Bertz CT molecular complexity index is 167. The number of nitrogens with zero attached hydrogens (tertiary/aromatic N) is 1. The third-order valence-electron chi connectivity index (χ3n) is 2.59. The van der Waals surface area contributed by atoms with Gasteiger partial charge >= 0.3 is 0 Å². The molecular formula is C11H19NO. The molecule has 0 unspecified atom stereocenters. The summed E-state index contributed by atoms with van der Waals surface area (Å²) in [6.45, 7) is 5.37. The first-order chi connectivity index (χ1) is 6.34. The zero-order chi connectivity index (χ0) is 9.52. The molecule has 2 heteroatoms. The summed E-state index contributed by atoms with van der Waals surface area (Å²) in [7, 11) is 0. The molecule has 1 heterocycles. The van der Waals surface area contributed by atoms with Gasteiger partial charge in [0.25, 0.3) is 0 Å². The van der Waals surface area contributed by atoms with Crippen LogP contribution in [-0.4, -0.2) is 23.9 Å². The van der Waals surface area contributed by atoms with Gasteiger partial charge < -0.3 is 4.90 Å². The van der Waals surface area contributed by atoms with Crippen LogP contribution in [0.15, 0.2) is 12.7 Å². The van der Waals surface area contributed by atoms with Gasteiger partial charge in [-0.2, -0.15) is 0 Å². The molecule has 13 heavy (non-hydrogen) atoms. The number of hydrogen-bond donors (Lipinski definition) is 0. The molecule has 1 amide bonds. The lowest BCUT2D eigenvalue weighted by Gasteiger charge is -2.19. The van der Waals surface area contributed by atoms with Crippen LogP contribution < -0.4 is 0 Å². The smallest absolute Gasteiger partial charge is 0.245 e. The number of amides is 1. The molecule has 1 aliphatic heterocycles. The van der Waals surface area contributed by atoms with Gasteiger partial charge in [-0.05, 0) is 18.9 Å². The normalized spacial score (nSPS) is 19.8. The maximum Gasteiger partial charge on any atom is 0.245 e. The Morgan fingerprint density at radius 1 is 1.00 bits per heavy atom. The van der Waals surface area contributed by atoms with Crippen molar-refractivity contribution in [1.82, 2.24) is 4.90 Å². The van der Waals surface area contributed by atoms with Crippen LogP contribution in [0.5, 0.6) is 0 Å². The summed E-state index contributed by atoms with van der Waals surface area (Å²) < 4.78 is 0. The van der Waals surface area contributed by atoms with Crippen LogP contribution in [0.1, 0.15) is 38.5 Å². The summed E-state index contributed by atoms with van der Waals surface area (Å²) in [5.41, 5.74) is 0. The Hall–Kier alpha value is -0.790. The van der Waals surface area contributed by atoms with Gasteiger partial charge in [-0.25, -0.2) is 0 Å². The summed E-state index contributed by atoms with van der Waals surface area (Å²) in [6.07, 6.45) is 8.92. The molecule has 0 spiro atoms. The predicted molar refractivity (Wildman–Crippen MR) is 54.5 cm³/mol. The Morgan fingerprint density at radius 3 is 1.92 bits per heavy atom. The highest BCUT2D eigenvalue weighted by Gasteiger charge is 2.10. The van der Waals surface area contributed by atoms with Crippen molar-refractivity contribution in [3.8, 4) is 0 Å². The van der Waals surface area contributed by atoms with Crippen molar-refractivity contribution < 1.29 is 4.79 Å². The lowest BCUT2D eigenvalue weighted by molar-refractivity contribution is -0.126. The molecule has 0 atom stereocenters. The van der Waals surface area contributed by atoms with Gasteiger partial charge in [0, 0.05) is 13.1 Å². The minimum absolute atomic E-state index is 0.0990. The monoisotopic (exact) mass is 181 g/mol. The Morgan fingerprint density at radius 2 is 1.46 bits per heavy atom. The summed E-state index contributed by atoms with van der Waals surface area (Å²) in [4.78, 5) is 13.3. The van der Waals surface area contributed by atoms with E-state index in [9.17, 15) is 4.79 Å². The van der Waals surface area contributed by atoms with E-state index in [1.807, 2.05) is 4.90 Å². The van der Waals surface area contributed by atoms with Gasteiger partial charge in [-0.1, -0.05) is 32.3 Å². The molecule has 1 saturated heterocycles. The van der Waals surface area contributed by atoms with E-state index in [2.05, 4.69) is 6.58 Å². The number of hydrogen-bond acceptors (Lipinski definition) is 1. The molecule has 0 aromatic carbocycles. The van der Waals surface area contributed by atoms with E-state index in [4.69, 9.17) is 0 Å². The molecule has 1 aliphatic rings. The first kappa shape index (κ1) is 10.3. The third kappa shape index (κ3) is 3.62. The van der Waals surface area contributed by atoms with Crippen molar-refractivity contribution in [1.29, 1.82) is 0 Å². The summed E-state index contributed by atoms with van der Waals surface area (Å²) in [5.74, 6) is 0.0990. The van der Waals surface area contributed by atoms with Crippen LogP contribution in [0.2, 0.25) is 0 Å². The maximum atomic E-state index is 11.4. The Kier molecular flexibility index (Phi) is 4.58. The van der Waals surface area contributed by atoms with Crippen LogP contribution in [0.25, 0.3) is 0 Å². The van der Waals surface area contributed by atoms with Crippen LogP contribution >= 0.6 is 0 Å². The summed E-state index contributed by atoms with van der Waals surface area (Å²) >= 11 is 0. The lowest BCUT2D eigenvalue weighted by atomic mass is 10.1. The molecule has 74 valence electrons. The van der Waals surface area contributed by atoms with Crippen molar-refractivity contribution in [3.05, 3.63) is 12.7 Å². The molecule has 1 rings (SSSR count). The van der Waals surface area contributed by atoms with Crippen molar-refractivity contribution in [2.75, 3.05) is 13.1 Å². The molecule has 0 radical (unpaired) electrons. The molecule has 0 saturated carbocycles. The minimum atomic E-state index is 0.0990. The van der Waals surface area contributed by atoms with Gasteiger partial charge in [-0.3, -0.25) is 4.79 Å². The van der Waals surface area contributed by atoms with Gasteiger partial charge in [0.05, 0.1) is 0 Å². The first-order valence-corrected chi connectivity index (χ1v) is 5.26. The maximum absolute atomic E-state index is 11.4. The second-order valence-corrected chi connectivity index (χ2v) is 3.65. The van der Waals surface area contributed by atoms with E-state index in [0.717, 1.165) is 25.9 Å². The van der Waals surface area contributed by atoms with Crippen LogP contribution in [0.4, 0.5) is 0 Å². The van der Waals surface area contributed by atoms with Crippen molar-refractivity contribution >= 4 is 5.91 Å². The number of carbonyl (C=O) groups is 1. The predicted octanol–water partition coefficient (Wildman–Crippen LogP) is 2.36. The van der Waals surface area contributed by atoms with Crippen molar-refractivity contribution in [2.24, 2.45) is 0 Å². The standard InChI is InChI=1S/C11H19NO/c1-2-11(13)12-9-7-5-3-4-6-8-10-12/h2H,1,3-10H2. The number of carbonyl (C=O) groups excluding carboxylic acids is 1. The molecule has 2 nitrogen and oxygen atoms in total. The van der Waals surface area contributed by atoms with E-state index in [-0.39, 0.29) is 5.91 Å². The van der Waals surface area contributed by atoms with Crippen molar-refractivity contribution in [2.45, 2.75) is 38.5 Å². The molecule has 0 aromatic rings. The average molecular weight is 181 g/mol. The molecule has 1 fully saturated rings. The van der Waals surface area contributed by atoms with Crippen LogP contribution in [0, 0.1) is 0 Å². The molecular weight excluding hydrogens is 162 g/mol. The van der Waals surface area contributed by atoms with E-state index in [1.54, 1.807) is 0 Å². The lowest BCUT2D eigenvalue weighted by Crippen LogP contribution is -2.31. The fourth-order valence-electron chi connectivity index (χ4n) is 1.77. The fourth-order valence-corrected chi connectivity index (χ4v) is 1.77. The Labute approximate surface area is 80.6 Å². The van der Waals surface area contributed by atoms with Gasteiger partial charge in [0.2, 0.25) is 5.91 Å². The van der Waals surface area contributed by atoms with Gasteiger partial charge in [0.1, 0.15) is 0 Å². The van der Waals surface area contributed by atoms with Gasteiger partial charge in [-0.15, -0.1) is 0 Å². The molecule has 0 N–H and O–H groups in total. The third-order valence-corrected chi connectivity index (χ3v) is 2.59. The van der Waals surface area contributed by atoms with E-state index in [1.165, 1.54) is 31.8 Å². The summed E-state index contributed by atoms with van der Waals surface area (Å²) in [5, 5.41) is 0. The van der Waals surface area contributed by atoms with Crippen LogP contribution in [-0.2, 0) is 4.79 Å². The largest absolute Gasteiger partial charge is 0.339 e. The second-order valence-electron chi connectivity index (χ2n) is 3.65. The van der Waals surface area contributed by atoms with E-state index >= 15 is 0 Å². The zero-order valence-corrected chi connectivity index (χ0v) is 8.30. The van der Waals surface area contributed by atoms with E-state index in [0.29, 0.717) is 0 Å². The topological polar surface area (TPSA) is 20.3 Å². The van der Waals surface area contributed by atoms with Crippen LogP contribution in [0.3, 0.4) is 0 Å². The van der Waals surface area contributed by atoms with Crippen molar-refractivity contribution in [3.63, 3.8) is 0 Å². The quantitative estimate of drug-likeness (QED) is 0.569. The van der Waals surface area contributed by atoms with E-state index < -0.39 is 0 Å². The highest BCUT2D eigenvalue weighted by Crippen LogP contribution is 2.11. The summed E-state index contributed by atoms with van der Waals surface area (Å²) in [6, 6.07) is 0. The molecule has 0 bridgehead atoms.